The van der Waals surface area contributed by atoms with Gasteiger partial charge in [0.25, 0.3) is 5.82 Å². The Bertz CT molecular complexity index is 826. The van der Waals surface area contributed by atoms with Crippen molar-refractivity contribution in [2.45, 2.75) is 12.8 Å². The summed E-state index contributed by atoms with van der Waals surface area (Å²) in [6, 6.07) is 5.37. The molecule has 3 rings (SSSR count). The molecule has 8 nitrogen and oxygen atoms in total. The summed E-state index contributed by atoms with van der Waals surface area (Å²) in [6.07, 6.45) is 4.90. The highest BCUT2D eigenvalue weighted by Gasteiger charge is 2.26. The number of nitrogens with zero attached hydrogens (tertiary/aromatic N) is 3. The van der Waals surface area contributed by atoms with Crippen molar-refractivity contribution in [2.24, 2.45) is 7.05 Å². The van der Waals surface area contributed by atoms with Crippen LogP contribution in [0.2, 0.25) is 0 Å². The zero-order valence-corrected chi connectivity index (χ0v) is 17.8. The molecule has 29 heavy (non-hydrogen) atoms. The lowest BCUT2D eigenvalue weighted by Crippen LogP contribution is -2.56. The normalized spacial score (nSPS) is 16.5. The summed E-state index contributed by atoms with van der Waals surface area (Å²) >= 11 is 0. The molecular formula is C21H34N6O2+2. The van der Waals surface area contributed by atoms with Gasteiger partial charge in [-0.25, -0.2) is 9.55 Å². The van der Waals surface area contributed by atoms with E-state index in [-0.39, 0.29) is 12.3 Å². The predicted molar refractivity (Wildman–Crippen MR) is 114 cm³/mol. The molecule has 1 amide bonds. The zero-order valence-electron chi connectivity index (χ0n) is 17.8. The number of anilines is 2. The van der Waals surface area contributed by atoms with Gasteiger partial charge in [-0.3, -0.25) is 9.69 Å². The van der Waals surface area contributed by atoms with E-state index >= 15 is 0 Å². The molecule has 158 valence electrons. The van der Waals surface area contributed by atoms with E-state index in [9.17, 15) is 4.79 Å². The summed E-state index contributed by atoms with van der Waals surface area (Å²) in [6.45, 7) is 6.34. The molecule has 1 saturated heterocycles. The van der Waals surface area contributed by atoms with Gasteiger partial charge in [-0.1, -0.05) is 0 Å². The van der Waals surface area contributed by atoms with Crippen molar-refractivity contribution in [1.82, 2.24) is 9.88 Å². The quantitative estimate of drug-likeness (QED) is 0.263. The Morgan fingerprint density at radius 3 is 2.83 bits per heavy atom. The summed E-state index contributed by atoms with van der Waals surface area (Å²) in [4.78, 5) is 17.9. The first-order valence-electron chi connectivity index (χ1n) is 10.2. The van der Waals surface area contributed by atoms with E-state index in [4.69, 9.17) is 10.5 Å². The minimum absolute atomic E-state index is 0.117. The predicted octanol–water partition coefficient (Wildman–Crippen LogP) is 0.764. The number of carbonyl (C=O) groups is 1. The van der Waals surface area contributed by atoms with Crippen molar-refractivity contribution in [1.29, 1.82) is 0 Å². The minimum atomic E-state index is -0.117. The minimum Gasteiger partial charge on any atom is -0.491 e. The number of hydrogen-bond donors (Lipinski definition) is 3. The lowest BCUT2D eigenvalue weighted by Gasteiger charge is -2.41. The molecule has 0 saturated carbocycles. The molecule has 0 unspecified atom stereocenters. The van der Waals surface area contributed by atoms with Gasteiger partial charge in [-0.05, 0) is 25.2 Å². The fourth-order valence-electron chi connectivity index (χ4n) is 3.63. The molecule has 1 aliphatic rings. The van der Waals surface area contributed by atoms with Gasteiger partial charge in [0.2, 0.25) is 5.91 Å². The van der Waals surface area contributed by atoms with E-state index in [0.717, 1.165) is 36.4 Å². The number of likely N-dealkylation sites (N-methyl/N-ethyl adjacent to an activating group) is 2. The van der Waals surface area contributed by atoms with Crippen LogP contribution in [0, 0.1) is 0 Å². The van der Waals surface area contributed by atoms with Gasteiger partial charge >= 0.3 is 0 Å². The van der Waals surface area contributed by atoms with Gasteiger partial charge in [0, 0.05) is 25.2 Å². The van der Waals surface area contributed by atoms with E-state index in [2.05, 4.69) is 29.3 Å². The molecule has 8 heteroatoms. The molecule has 2 heterocycles. The van der Waals surface area contributed by atoms with Gasteiger partial charge in [0.1, 0.15) is 24.6 Å². The number of H-pyrrole nitrogens is 1. The maximum absolute atomic E-state index is 12.5. The number of aryl methyl sites for hydroxylation is 1. The number of nitrogens with one attached hydrogen (secondary N) is 2. The lowest BCUT2D eigenvalue weighted by atomic mass is 10.2. The third-order valence-corrected chi connectivity index (χ3v) is 5.72. The fraction of sp³-hybridized carbons (Fsp3) is 0.524. The Kier molecular flexibility index (Phi) is 6.76. The number of hydrogen-bond acceptors (Lipinski definition) is 4. The largest absolute Gasteiger partial charge is 0.491 e. The summed E-state index contributed by atoms with van der Waals surface area (Å²) in [5, 5.41) is 2.93. The van der Waals surface area contributed by atoms with Crippen LogP contribution in [0.5, 0.6) is 5.75 Å². The second-order valence-electron chi connectivity index (χ2n) is 8.29. The average molecular weight is 403 g/mol. The molecule has 1 aliphatic heterocycles. The molecule has 0 aliphatic carbocycles. The third-order valence-electron chi connectivity index (χ3n) is 5.72. The van der Waals surface area contributed by atoms with Gasteiger partial charge in [0.05, 0.1) is 46.0 Å². The molecule has 0 spiro atoms. The molecular weight excluding hydrogens is 368 g/mol. The van der Waals surface area contributed by atoms with Crippen molar-refractivity contribution in [2.75, 3.05) is 64.5 Å². The summed E-state index contributed by atoms with van der Waals surface area (Å²) in [7, 11) is 6.40. The molecule has 0 bridgehead atoms. The number of benzene rings is 1. The van der Waals surface area contributed by atoms with Gasteiger partial charge < -0.3 is 20.3 Å². The molecule has 1 aromatic heterocycles. The van der Waals surface area contributed by atoms with Crippen LogP contribution >= 0.6 is 0 Å². The van der Waals surface area contributed by atoms with Crippen LogP contribution in [0.3, 0.4) is 0 Å². The van der Waals surface area contributed by atoms with Crippen molar-refractivity contribution in [3.63, 3.8) is 0 Å². The van der Waals surface area contributed by atoms with Gasteiger partial charge in [0.15, 0.2) is 0 Å². The van der Waals surface area contributed by atoms with Crippen LogP contribution in [0.15, 0.2) is 30.6 Å². The second-order valence-corrected chi connectivity index (χ2v) is 8.29. The maximum atomic E-state index is 12.5. The second kappa shape index (κ2) is 9.28. The van der Waals surface area contributed by atoms with E-state index in [1.807, 2.05) is 23.9 Å². The first-order chi connectivity index (χ1) is 13.8. The zero-order chi connectivity index (χ0) is 20.9. The topological polar surface area (TPSA) is 87.3 Å². The first kappa shape index (κ1) is 21.1. The molecule has 2 aromatic rings. The van der Waals surface area contributed by atoms with E-state index in [1.165, 1.54) is 13.1 Å². The molecule has 1 fully saturated rings. The van der Waals surface area contributed by atoms with Crippen molar-refractivity contribution in [3.05, 3.63) is 36.4 Å². The monoisotopic (exact) mass is 402 g/mol. The van der Waals surface area contributed by atoms with Crippen molar-refractivity contribution >= 4 is 17.3 Å². The number of aromatic nitrogens is 2. The summed E-state index contributed by atoms with van der Waals surface area (Å²) in [5.74, 6) is 1.37. The smallest absolute Gasteiger partial charge is 0.263 e. The number of amides is 1. The highest BCUT2D eigenvalue weighted by atomic mass is 16.5. The standard InChI is InChI=1S/C21H32N6O2/c1-25-9-12-27(3,13-10-25)11-4-14-29-19-6-5-17(22)15-18(19)24-21(28)16-20-23-7-8-26(20)2/h5-8,15H,4,9-14,16,22H2,1-3H3/p+2. The third kappa shape index (κ3) is 5.95. The number of piperazine rings is 1. The SMILES string of the molecule is CN1CC[N+](C)(CCCOc2ccc(N)cc2NC(=O)Cc2[nH]cc[n+]2C)CC1. The van der Waals surface area contributed by atoms with Gasteiger partial charge in [-0.2, -0.15) is 0 Å². The molecule has 0 radical (unpaired) electrons. The number of aromatic amines is 1. The Morgan fingerprint density at radius 1 is 1.38 bits per heavy atom. The molecule has 1 aromatic carbocycles. The van der Waals surface area contributed by atoms with E-state index < -0.39 is 0 Å². The number of imidazole rings is 1. The van der Waals surface area contributed by atoms with Crippen LogP contribution < -0.4 is 20.4 Å². The van der Waals surface area contributed by atoms with Crippen molar-refractivity contribution in [3.8, 4) is 5.75 Å². The number of nitrogens with two attached hydrogens (primary N) is 1. The highest BCUT2D eigenvalue weighted by molar-refractivity contribution is 5.93. The number of rotatable bonds is 8. The lowest BCUT2D eigenvalue weighted by molar-refractivity contribution is -0.913. The Morgan fingerprint density at radius 2 is 2.14 bits per heavy atom. The van der Waals surface area contributed by atoms with E-state index in [1.54, 1.807) is 18.3 Å². The molecule has 0 atom stereocenters. The fourth-order valence-corrected chi connectivity index (χ4v) is 3.63. The van der Waals surface area contributed by atoms with Crippen LogP contribution in [0.1, 0.15) is 12.2 Å². The highest BCUT2D eigenvalue weighted by Crippen LogP contribution is 2.27. The first-order valence-corrected chi connectivity index (χ1v) is 10.2. The van der Waals surface area contributed by atoms with Crippen LogP contribution in [0.4, 0.5) is 11.4 Å². The van der Waals surface area contributed by atoms with Crippen LogP contribution in [-0.4, -0.2) is 73.7 Å². The summed E-state index contributed by atoms with van der Waals surface area (Å²) in [5.41, 5.74) is 7.13. The Balaban J connectivity index is 1.53. The number of carbonyl (C=O) groups excluding carboxylic acids is 1. The van der Waals surface area contributed by atoms with Crippen LogP contribution in [-0.2, 0) is 18.3 Å². The molecule has 4 N–H and O–H groups in total. The van der Waals surface area contributed by atoms with E-state index in [0.29, 0.717) is 23.7 Å². The van der Waals surface area contributed by atoms with Crippen LogP contribution in [0.25, 0.3) is 0 Å². The summed E-state index contributed by atoms with van der Waals surface area (Å²) < 4.78 is 8.98. The number of nitrogen functional groups attached to an aromatic ring is 1. The van der Waals surface area contributed by atoms with Crippen molar-refractivity contribution < 1.29 is 18.6 Å². The maximum Gasteiger partial charge on any atom is 0.263 e. The Hall–Kier alpha value is -2.58. The van der Waals surface area contributed by atoms with Gasteiger partial charge in [-0.15, -0.1) is 0 Å². The number of quaternary nitrogens is 1. The number of ether oxygens (including phenoxy) is 1. The average Bonchev–Trinajstić information content (AvgIpc) is 3.07. The Labute approximate surface area is 172 Å².